The van der Waals surface area contributed by atoms with Gasteiger partial charge < -0.3 is 10.6 Å². The van der Waals surface area contributed by atoms with E-state index in [0.717, 1.165) is 18.5 Å². The molecule has 1 aliphatic carbocycles. The molecule has 4 nitrogen and oxygen atoms in total. The quantitative estimate of drug-likeness (QED) is 0.339. The number of likely N-dealkylation sites (tertiary alicyclic amines) is 1. The van der Waals surface area contributed by atoms with Crippen LogP contribution in [0.5, 0.6) is 0 Å². The van der Waals surface area contributed by atoms with E-state index in [2.05, 4.69) is 26.4 Å². The number of guanidine groups is 1. The molecule has 1 atom stereocenters. The van der Waals surface area contributed by atoms with Gasteiger partial charge in [0.15, 0.2) is 5.96 Å². The summed E-state index contributed by atoms with van der Waals surface area (Å²) in [5.74, 6) is 3.39. The zero-order chi connectivity index (χ0) is 12.8. The summed E-state index contributed by atoms with van der Waals surface area (Å²) in [5, 5.41) is 6.57. The van der Waals surface area contributed by atoms with E-state index < -0.39 is 0 Å². The van der Waals surface area contributed by atoms with Crippen LogP contribution >= 0.6 is 24.0 Å². The van der Waals surface area contributed by atoms with Crippen LogP contribution in [-0.2, 0) is 0 Å². The van der Waals surface area contributed by atoms with Gasteiger partial charge in [0.1, 0.15) is 0 Å². The highest BCUT2D eigenvalue weighted by molar-refractivity contribution is 14.0. The molecule has 1 saturated carbocycles. The molecule has 0 bridgehead atoms. The van der Waals surface area contributed by atoms with Crippen molar-refractivity contribution in [3.63, 3.8) is 0 Å². The molecule has 2 N–H and O–H groups in total. The molecule has 0 aromatic carbocycles. The van der Waals surface area contributed by atoms with Crippen molar-refractivity contribution in [2.75, 3.05) is 26.7 Å². The van der Waals surface area contributed by atoms with Crippen LogP contribution < -0.4 is 10.6 Å². The number of hydrogen-bond acceptors (Lipinski definition) is 2. The lowest BCUT2D eigenvalue weighted by atomic mass is 10.2. The molecule has 1 aliphatic heterocycles. The Morgan fingerprint density at radius 3 is 2.74 bits per heavy atom. The molecule has 0 spiro atoms. The molecule has 2 aliphatic rings. The second kappa shape index (κ2) is 8.64. The van der Waals surface area contributed by atoms with Gasteiger partial charge in [-0.1, -0.05) is 18.8 Å². The summed E-state index contributed by atoms with van der Waals surface area (Å²) in [7, 11) is 1.79. The van der Waals surface area contributed by atoms with Gasteiger partial charge >= 0.3 is 0 Å². The molecular formula is C14H25IN4. The summed E-state index contributed by atoms with van der Waals surface area (Å²) in [5.41, 5.74) is 0. The third-order valence-electron chi connectivity index (χ3n) is 3.98. The van der Waals surface area contributed by atoms with Crippen molar-refractivity contribution in [1.29, 1.82) is 0 Å². The van der Waals surface area contributed by atoms with Crippen molar-refractivity contribution in [2.45, 2.75) is 44.2 Å². The van der Waals surface area contributed by atoms with Crippen LogP contribution in [0, 0.1) is 12.3 Å². The standard InChI is InChI=1S/C14H24N4.HI/c1-3-9-16-14(15-2)17-12-8-10-18(11-12)13-6-4-5-7-13;/h1,12-13H,4-11H2,2H3,(H2,15,16,17);1H. The van der Waals surface area contributed by atoms with Gasteiger partial charge in [0.25, 0.3) is 0 Å². The highest BCUT2D eigenvalue weighted by atomic mass is 127. The molecule has 19 heavy (non-hydrogen) atoms. The smallest absolute Gasteiger partial charge is 0.192 e. The van der Waals surface area contributed by atoms with Gasteiger partial charge in [-0.05, 0) is 19.3 Å². The molecule has 1 heterocycles. The molecule has 5 heteroatoms. The van der Waals surface area contributed by atoms with E-state index in [9.17, 15) is 0 Å². The predicted molar refractivity (Wildman–Crippen MR) is 91.0 cm³/mol. The van der Waals surface area contributed by atoms with Gasteiger partial charge in [-0.3, -0.25) is 9.89 Å². The zero-order valence-corrected chi connectivity index (χ0v) is 14.0. The third-order valence-corrected chi connectivity index (χ3v) is 3.98. The second-order valence-electron chi connectivity index (χ2n) is 5.19. The topological polar surface area (TPSA) is 39.7 Å². The van der Waals surface area contributed by atoms with E-state index in [1.54, 1.807) is 7.05 Å². The van der Waals surface area contributed by atoms with Crippen LogP contribution in [-0.4, -0.2) is 49.6 Å². The Morgan fingerprint density at radius 1 is 1.37 bits per heavy atom. The van der Waals surface area contributed by atoms with Gasteiger partial charge in [-0.25, -0.2) is 0 Å². The Hall–Kier alpha value is -0.480. The van der Waals surface area contributed by atoms with Crippen LogP contribution in [0.1, 0.15) is 32.1 Å². The van der Waals surface area contributed by atoms with Crippen molar-refractivity contribution in [2.24, 2.45) is 4.99 Å². The zero-order valence-electron chi connectivity index (χ0n) is 11.7. The number of aliphatic imine (C=N–C) groups is 1. The summed E-state index contributed by atoms with van der Waals surface area (Å²) in [6.07, 6.45) is 12.0. The van der Waals surface area contributed by atoms with Gasteiger partial charge in [0.05, 0.1) is 6.54 Å². The monoisotopic (exact) mass is 376 g/mol. The van der Waals surface area contributed by atoms with E-state index >= 15 is 0 Å². The Kier molecular flexibility index (Phi) is 7.54. The first-order valence-corrected chi connectivity index (χ1v) is 6.98. The first kappa shape index (κ1) is 16.6. The number of halogens is 1. The van der Waals surface area contributed by atoms with Crippen LogP contribution in [0.15, 0.2) is 4.99 Å². The van der Waals surface area contributed by atoms with Crippen molar-refractivity contribution >= 4 is 29.9 Å². The van der Waals surface area contributed by atoms with Gasteiger partial charge in [-0.15, -0.1) is 30.4 Å². The maximum absolute atomic E-state index is 5.24. The molecule has 2 fully saturated rings. The molecule has 0 aromatic heterocycles. The fourth-order valence-corrected chi connectivity index (χ4v) is 3.03. The molecule has 0 aromatic rings. The SMILES string of the molecule is C#CCNC(=NC)NC1CCN(C2CCCC2)C1.I. The lowest BCUT2D eigenvalue weighted by Gasteiger charge is -2.24. The molecule has 1 saturated heterocycles. The fraction of sp³-hybridized carbons (Fsp3) is 0.786. The molecular weight excluding hydrogens is 351 g/mol. The lowest BCUT2D eigenvalue weighted by Crippen LogP contribution is -2.45. The normalized spacial score (nSPS) is 24.8. The minimum atomic E-state index is 0. The van der Waals surface area contributed by atoms with E-state index in [-0.39, 0.29) is 24.0 Å². The lowest BCUT2D eigenvalue weighted by molar-refractivity contribution is 0.242. The Balaban J connectivity index is 0.00000180. The van der Waals surface area contributed by atoms with Gasteiger partial charge in [-0.2, -0.15) is 0 Å². The van der Waals surface area contributed by atoms with E-state index in [0.29, 0.717) is 12.6 Å². The number of nitrogens with zero attached hydrogens (tertiary/aromatic N) is 2. The van der Waals surface area contributed by atoms with Gasteiger partial charge in [0.2, 0.25) is 0 Å². The highest BCUT2D eigenvalue weighted by Crippen LogP contribution is 2.26. The Bertz CT molecular complexity index is 331. The maximum atomic E-state index is 5.24. The largest absolute Gasteiger partial charge is 0.352 e. The van der Waals surface area contributed by atoms with Crippen molar-refractivity contribution < 1.29 is 0 Å². The number of terminal acetylenes is 1. The van der Waals surface area contributed by atoms with Crippen molar-refractivity contribution in [3.05, 3.63) is 0 Å². The van der Waals surface area contributed by atoms with Crippen LogP contribution in [0.3, 0.4) is 0 Å². The van der Waals surface area contributed by atoms with E-state index in [4.69, 9.17) is 6.42 Å². The summed E-state index contributed by atoms with van der Waals surface area (Å²) in [6, 6.07) is 1.34. The van der Waals surface area contributed by atoms with Crippen molar-refractivity contribution in [1.82, 2.24) is 15.5 Å². The number of rotatable bonds is 3. The number of hydrogen-bond donors (Lipinski definition) is 2. The summed E-state index contributed by atoms with van der Waals surface area (Å²) in [4.78, 5) is 6.83. The minimum absolute atomic E-state index is 0. The van der Waals surface area contributed by atoms with Crippen LogP contribution in [0.2, 0.25) is 0 Å². The Morgan fingerprint density at radius 2 is 2.11 bits per heavy atom. The maximum Gasteiger partial charge on any atom is 0.192 e. The third kappa shape index (κ3) is 4.84. The van der Waals surface area contributed by atoms with E-state index in [1.165, 1.54) is 38.6 Å². The van der Waals surface area contributed by atoms with Crippen LogP contribution in [0.4, 0.5) is 0 Å². The van der Waals surface area contributed by atoms with Gasteiger partial charge in [0, 0.05) is 32.2 Å². The summed E-state index contributed by atoms with van der Waals surface area (Å²) < 4.78 is 0. The molecule has 2 rings (SSSR count). The highest BCUT2D eigenvalue weighted by Gasteiger charge is 2.30. The minimum Gasteiger partial charge on any atom is -0.352 e. The Labute approximate surface area is 133 Å². The first-order chi connectivity index (χ1) is 8.83. The van der Waals surface area contributed by atoms with Crippen LogP contribution in [0.25, 0.3) is 0 Å². The summed E-state index contributed by atoms with van der Waals surface area (Å²) >= 11 is 0. The fourth-order valence-electron chi connectivity index (χ4n) is 3.03. The molecule has 108 valence electrons. The molecule has 1 unspecified atom stereocenters. The first-order valence-electron chi connectivity index (χ1n) is 6.98. The average molecular weight is 376 g/mol. The predicted octanol–water partition coefficient (Wildman–Crippen LogP) is 1.42. The van der Waals surface area contributed by atoms with Crippen molar-refractivity contribution in [3.8, 4) is 12.3 Å². The summed E-state index contributed by atoms with van der Waals surface area (Å²) in [6.45, 7) is 2.88. The van der Waals surface area contributed by atoms with E-state index in [1.807, 2.05) is 0 Å². The molecule has 0 amide bonds. The molecule has 0 radical (unpaired) electrons. The average Bonchev–Trinajstić information content (AvgIpc) is 3.04. The second-order valence-corrected chi connectivity index (χ2v) is 5.19. The number of nitrogens with one attached hydrogen (secondary N) is 2.